The van der Waals surface area contributed by atoms with Crippen LogP contribution in [0.4, 0.5) is 0 Å². The predicted octanol–water partition coefficient (Wildman–Crippen LogP) is 7.88. The van der Waals surface area contributed by atoms with Crippen molar-refractivity contribution in [1.29, 1.82) is 0 Å². The zero-order chi connectivity index (χ0) is 16.2. The van der Waals surface area contributed by atoms with Gasteiger partial charge in [0.2, 0.25) is 0 Å². The highest BCUT2D eigenvalue weighted by Crippen LogP contribution is 2.30. The molecule has 0 aliphatic heterocycles. The van der Waals surface area contributed by atoms with Crippen molar-refractivity contribution in [2.45, 2.75) is 77.6 Å². The van der Waals surface area contributed by atoms with Crippen molar-refractivity contribution in [1.82, 2.24) is 0 Å². The van der Waals surface area contributed by atoms with Crippen LogP contribution in [0, 0.1) is 0 Å². The van der Waals surface area contributed by atoms with E-state index >= 15 is 0 Å². The summed E-state index contributed by atoms with van der Waals surface area (Å²) < 4.78 is 0. The molecule has 0 spiro atoms. The summed E-state index contributed by atoms with van der Waals surface area (Å²) in [5.74, 6) is 0. The van der Waals surface area contributed by atoms with E-state index in [4.69, 9.17) is 0 Å². The number of rotatable bonds is 12. The van der Waals surface area contributed by atoms with Crippen LogP contribution in [-0.4, -0.2) is 0 Å². The van der Waals surface area contributed by atoms with E-state index in [0.717, 1.165) is 0 Å². The van der Waals surface area contributed by atoms with Crippen LogP contribution >= 0.6 is 11.3 Å². The second-order valence-electron chi connectivity index (χ2n) is 6.57. The number of thiophene rings is 1. The molecule has 0 atom stereocenters. The van der Waals surface area contributed by atoms with E-state index in [1.807, 2.05) is 11.3 Å². The Morgan fingerprint density at radius 3 is 1.96 bits per heavy atom. The molecule has 0 N–H and O–H groups in total. The Hall–Kier alpha value is -1.08. The highest BCUT2D eigenvalue weighted by atomic mass is 32.1. The van der Waals surface area contributed by atoms with Gasteiger partial charge >= 0.3 is 0 Å². The normalized spacial score (nSPS) is 11.0. The van der Waals surface area contributed by atoms with Crippen molar-refractivity contribution in [3.05, 3.63) is 47.3 Å². The minimum atomic E-state index is 1.24. The highest BCUT2D eigenvalue weighted by molar-refractivity contribution is 7.13. The molecule has 1 heteroatoms. The van der Waals surface area contributed by atoms with Gasteiger partial charge < -0.3 is 0 Å². The van der Waals surface area contributed by atoms with E-state index in [0.29, 0.717) is 0 Å². The summed E-state index contributed by atoms with van der Waals surface area (Å²) in [6.45, 7) is 2.29. The lowest BCUT2D eigenvalue weighted by molar-refractivity contribution is 0.556. The van der Waals surface area contributed by atoms with E-state index in [-0.39, 0.29) is 0 Å². The van der Waals surface area contributed by atoms with Gasteiger partial charge in [-0.3, -0.25) is 0 Å². The largest absolute Gasteiger partial charge is 0.144 e. The Labute approximate surface area is 147 Å². The van der Waals surface area contributed by atoms with Gasteiger partial charge in [0.25, 0.3) is 0 Å². The molecule has 23 heavy (non-hydrogen) atoms. The van der Waals surface area contributed by atoms with Crippen LogP contribution in [-0.2, 0) is 6.42 Å². The van der Waals surface area contributed by atoms with Gasteiger partial charge in [-0.1, -0.05) is 95.0 Å². The second-order valence-corrected chi connectivity index (χ2v) is 7.49. The lowest BCUT2D eigenvalue weighted by atomic mass is 10.0. The first-order chi connectivity index (χ1) is 11.4. The molecular formula is C22H32S. The molecule has 0 saturated heterocycles. The Bertz CT molecular complexity index is 512. The first-order valence-corrected chi connectivity index (χ1v) is 10.4. The third-order valence-electron chi connectivity index (χ3n) is 4.58. The molecule has 0 bridgehead atoms. The number of benzene rings is 1. The maximum atomic E-state index is 2.32. The van der Waals surface area contributed by atoms with Gasteiger partial charge in [0.1, 0.15) is 0 Å². The minimum absolute atomic E-state index is 1.24. The van der Waals surface area contributed by atoms with Crippen molar-refractivity contribution in [2.24, 2.45) is 0 Å². The van der Waals surface area contributed by atoms with Crippen LogP contribution in [0.1, 0.15) is 76.7 Å². The summed E-state index contributed by atoms with van der Waals surface area (Å²) >= 11 is 1.88. The van der Waals surface area contributed by atoms with E-state index in [1.54, 1.807) is 5.56 Å². The standard InChI is InChI=1S/C22H32S/c1-2-3-4-5-6-7-8-9-10-12-17-21-18-19-23-22(21)20-15-13-11-14-16-20/h11,13-16,18-19H,2-10,12,17H2,1H3. The van der Waals surface area contributed by atoms with E-state index in [2.05, 4.69) is 48.7 Å². The fraction of sp³-hybridized carbons (Fsp3) is 0.545. The summed E-state index contributed by atoms with van der Waals surface area (Å²) in [6, 6.07) is 13.2. The molecule has 0 nitrogen and oxygen atoms in total. The first kappa shape index (κ1) is 18.3. The Morgan fingerprint density at radius 1 is 0.696 bits per heavy atom. The van der Waals surface area contributed by atoms with Crippen molar-refractivity contribution < 1.29 is 0 Å². The highest BCUT2D eigenvalue weighted by Gasteiger charge is 2.06. The van der Waals surface area contributed by atoms with Gasteiger partial charge in [-0.05, 0) is 35.4 Å². The summed E-state index contributed by atoms with van der Waals surface area (Å²) in [4.78, 5) is 1.47. The smallest absolute Gasteiger partial charge is 0.0374 e. The molecule has 0 saturated carbocycles. The molecule has 2 aromatic rings. The number of aryl methyl sites for hydroxylation is 1. The number of unbranched alkanes of at least 4 members (excludes halogenated alkanes) is 9. The van der Waals surface area contributed by atoms with Gasteiger partial charge in [0.05, 0.1) is 0 Å². The van der Waals surface area contributed by atoms with Crippen LogP contribution < -0.4 is 0 Å². The third-order valence-corrected chi connectivity index (χ3v) is 5.59. The molecule has 0 fully saturated rings. The first-order valence-electron chi connectivity index (χ1n) is 9.53. The fourth-order valence-electron chi connectivity index (χ4n) is 3.18. The topological polar surface area (TPSA) is 0 Å². The van der Waals surface area contributed by atoms with Crippen molar-refractivity contribution in [3.63, 3.8) is 0 Å². The number of hydrogen-bond donors (Lipinski definition) is 0. The Morgan fingerprint density at radius 2 is 1.30 bits per heavy atom. The number of hydrogen-bond acceptors (Lipinski definition) is 1. The molecule has 1 aromatic carbocycles. The second kappa shape index (κ2) is 11.5. The van der Waals surface area contributed by atoms with Crippen LogP contribution in [0.2, 0.25) is 0 Å². The lowest BCUT2D eigenvalue weighted by Crippen LogP contribution is -1.87. The van der Waals surface area contributed by atoms with E-state index in [9.17, 15) is 0 Å². The molecule has 1 aromatic heterocycles. The van der Waals surface area contributed by atoms with Crippen LogP contribution in [0.15, 0.2) is 41.8 Å². The van der Waals surface area contributed by atoms with Gasteiger partial charge in [0.15, 0.2) is 0 Å². The zero-order valence-electron chi connectivity index (χ0n) is 14.7. The van der Waals surface area contributed by atoms with Crippen LogP contribution in [0.5, 0.6) is 0 Å². The third kappa shape index (κ3) is 6.91. The van der Waals surface area contributed by atoms with Gasteiger partial charge in [-0.15, -0.1) is 11.3 Å². The molecule has 0 aliphatic rings. The minimum Gasteiger partial charge on any atom is -0.144 e. The van der Waals surface area contributed by atoms with E-state index in [1.165, 1.54) is 81.1 Å². The average molecular weight is 329 g/mol. The maximum absolute atomic E-state index is 2.32. The Balaban J connectivity index is 1.58. The summed E-state index contributed by atoms with van der Waals surface area (Å²) in [5, 5.41) is 2.24. The molecule has 1 heterocycles. The summed E-state index contributed by atoms with van der Waals surface area (Å²) in [7, 11) is 0. The fourth-order valence-corrected chi connectivity index (χ4v) is 4.14. The SMILES string of the molecule is CCCCCCCCCCCCc1ccsc1-c1ccccc1. The van der Waals surface area contributed by atoms with Gasteiger partial charge in [-0.25, -0.2) is 0 Å². The quantitative estimate of drug-likeness (QED) is 0.348. The lowest BCUT2D eigenvalue weighted by Gasteiger charge is -2.05. The van der Waals surface area contributed by atoms with E-state index < -0.39 is 0 Å². The zero-order valence-corrected chi connectivity index (χ0v) is 15.5. The molecule has 0 radical (unpaired) electrons. The average Bonchev–Trinajstić information content (AvgIpc) is 3.06. The molecule has 0 aliphatic carbocycles. The monoisotopic (exact) mass is 328 g/mol. The molecule has 126 valence electrons. The Kier molecular flexibility index (Phi) is 9.09. The predicted molar refractivity (Wildman–Crippen MR) is 105 cm³/mol. The summed E-state index contributed by atoms with van der Waals surface area (Å²) in [6.07, 6.45) is 15.4. The molecule has 0 unspecified atom stereocenters. The molecule has 2 rings (SSSR count). The summed E-state index contributed by atoms with van der Waals surface area (Å²) in [5.41, 5.74) is 2.92. The molecule has 0 amide bonds. The van der Waals surface area contributed by atoms with Crippen molar-refractivity contribution in [3.8, 4) is 10.4 Å². The molecular weight excluding hydrogens is 296 g/mol. The van der Waals surface area contributed by atoms with Gasteiger partial charge in [0, 0.05) is 4.88 Å². The van der Waals surface area contributed by atoms with Gasteiger partial charge in [-0.2, -0.15) is 0 Å². The van der Waals surface area contributed by atoms with Crippen molar-refractivity contribution >= 4 is 11.3 Å². The maximum Gasteiger partial charge on any atom is 0.0374 e. The van der Waals surface area contributed by atoms with Crippen molar-refractivity contribution in [2.75, 3.05) is 0 Å². The van der Waals surface area contributed by atoms with Crippen LogP contribution in [0.3, 0.4) is 0 Å². The van der Waals surface area contributed by atoms with Crippen LogP contribution in [0.25, 0.3) is 10.4 Å².